The molecule has 104 valence electrons. The Bertz CT molecular complexity index is 630. The van der Waals surface area contributed by atoms with E-state index in [0.29, 0.717) is 22.8 Å². The van der Waals surface area contributed by atoms with Gasteiger partial charge < -0.3 is 18.6 Å². The first-order valence-electron chi connectivity index (χ1n) is 6.21. The SMILES string of the molecule is COc1cc2c(cc1OC)C(=O)CC(c1ccoc1)O2. The molecule has 1 aromatic carbocycles. The Morgan fingerprint density at radius 1 is 1.20 bits per heavy atom. The third-order valence-corrected chi connectivity index (χ3v) is 3.34. The van der Waals surface area contributed by atoms with E-state index >= 15 is 0 Å². The molecule has 1 aliphatic heterocycles. The quantitative estimate of drug-likeness (QED) is 0.861. The fourth-order valence-electron chi connectivity index (χ4n) is 2.29. The van der Waals surface area contributed by atoms with Crippen LogP contribution in [0, 0.1) is 0 Å². The summed E-state index contributed by atoms with van der Waals surface area (Å²) in [4.78, 5) is 12.3. The van der Waals surface area contributed by atoms with Crippen LogP contribution >= 0.6 is 0 Å². The zero-order chi connectivity index (χ0) is 14.1. The topological polar surface area (TPSA) is 57.9 Å². The molecule has 0 N–H and O–H groups in total. The lowest BCUT2D eigenvalue weighted by Crippen LogP contribution is -2.20. The molecule has 0 aliphatic carbocycles. The Balaban J connectivity index is 2.01. The number of furan rings is 1. The van der Waals surface area contributed by atoms with E-state index in [1.807, 2.05) is 0 Å². The summed E-state index contributed by atoms with van der Waals surface area (Å²) in [6.07, 6.45) is 3.10. The summed E-state index contributed by atoms with van der Waals surface area (Å²) in [6.45, 7) is 0. The lowest BCUT2D eigenvalue weighted by atomic mass is 9.97. The minimum absolute atomic E-state index is 0.0124. The maximum Gasteiger partial charge on any atom is 0.170 e. The van der Waals surface area contributed by atoms with E-state index in [1.165, 1.54) is 7.11 Å². The molecule has 3 rings (SSSR count). The summed E-state index contributed by atoms with van der Waals surface area (Å²) >= 11 is 0. The van der Waals surface area contributed by atoms with Gasteiger partial charge in [-0.25, -0.2) is 0 Å². The van der Waals surface area contributed by atoms with E-state index in [2.05, 4.69) is 0 Å². The number of hydrogen-bond donors (Lipinski definition) is 0. The smallest absolute Gasteiger partial charge is 0.170 e. The molecular weight excluding hydrogens is 260 g/mol. The third kappa shape index (κ3) is 2.01. The number of methoxy groups -OCH3 is 2. The molecule has 1 unspecified atom stereocenters. The minimum Gasteiger partial charge on any atom is -0.493 e. The highest BCUT2D eigenvalue weighted by Gasteiger charge is 2.30. The number of rotatable bonds is 3. The highest BCUT2D eigenvalue weighted by molar-refractivity contribution is 6.00. The second-order valence-corrected chi connectivity index (χ2v) is 4.49. The number of hydrogen-bond acceptors (Lipinski definition) is 5. The largest absolute Gasteiger partial charge is 0.493 e. The van der Waals surface area contributed by atoms with Gasteiger partial charge in [-0.2, -0.15) is 0 Å². The van der Waals surface area contributed by atoms with E-state index < -0.39 is 0 Å². The first-order valence-corrected chi connectivity index (χ1v) is 6.21. The molecule has 0 radical (unpaired) electrons. The number of ether oxygens (including phenoxy) is 3. The van der Waals surface area contributed by atoms with Gasteiger partial charge in [0.25, 0.3) is 0 Å². The van der Waals surface area contributed by atoms with Crippen molar-refractivity contribution in [3.63, 3.8) is 0 Å². The van der Waals surface area contributed by atoms with Crippen LogP contribution in [0.2, 0.25) is 0 Å². The molecule has 1 aliphatic rings. The Morgan fingerprint density at radius 2 is 1.95 bits per heavy atom. The van der Waals surface area contributed by atoms with E-state index in [1.54, 1.807) is 37.8 Å². The predicted molar refractivity (Wildman–Crippen MR) is 70.6 cm³/mol. The number of Topliss-reactive ketones (excluding diaryl/α,β-unsaturated/α-hetero) is 1. The maximum atomic E-state index is 12.3. The zero-order valence-corrected chi connectivity index (χ0v) is 11.2. The van der Waals surface area contributed by atoms with Crippen molar-refractivity contribution in [3.8, 4) is 17.2 Å². The molecular formula is C15H14O5. The van der Waals surface area contributed by atoms with Gasteiger partial charge in [-0.15, -0.1) is 0 Å². The first kappa shape index (κ1) is 12.6. The van der Waals surface area contributed by atoms with Crippen LogP contribution in [0.3, 0.4) is 0 Å². The first-order chi connectivity index (χ1) is 9.72. The number of ketones is 1. The van der Waals surface area contributed by atoms with Crippen molar-refractivity contribution in [3.05, 3.63) is 41.9 Å². The fourth-order valence-corrected chi connectivity index (χ4v) is 2.29. The zero-order valence-electron chi connectivity index (χ0n) is 11.2. The Kier molecular flexibility index (Phi) is 3.10. The van der Waals surface area contributed by atoms with Gasteiger partial charge in [-0.3, -0.25) is 4.79 Å². The van der Waals surface area contributed by atoms with Gasteiger partial charge in [0.2, 0.25) is 0 Å². The van der Waals surface area contributed by atoms with Gasteiger partial charge >= 0.3 is 0 Å². The minimum atomic E-state index is -0.327. The highest BCUT2D eigenvalue weighted by atomic mass is 16.5. The Labute approximate surface area is 116 Å². The maximum absolute atomic E-state index is 12.3. The van der Waals surface area contributed by atoms with Gasteiger partial charge in [0, 0.05) is 11.6 Å². The lowest BCUT2D eigenvalue weighted by molar-refractivity contribution is 0.0848. The van der Waals surface area contributed by atoms with Crippen molar-refractivity contribution >= 4 is 5.78 Å². The monoisotopic (exact) mass is 274 g/mol. The van der Waals surface area contributed by atoms with E-state index in [-0.39, 0.29) is 18.3 Å². The van der Waals surface area contributed by atoms with Crippen molar-refractivity contribution in [1.82, 2.24) is 0 Å². The number of benzene rings is 1. The molecule has 1 aromatic heterocycles. The molecule has 2 heterocycles. The molecule has 0 spiro atoms. The van der Waals surface area contributed by atoms with Crippen LogP contribution in [0.5, 0.6) is 17.2 Å². The average molecular weight is 274 g/mol. The fraction of sp³-hybridized carbons (Fsp3) is 0.267. The molecule has 1 atom stereocenters. The molecule has 5 nitrogen and oxygen atoms in total. The van der Waals surface area contributed by atoms with Crippen LogP contribution < -0.4 is 14.2 Å². The molecule has 0 saturated heterocycles. The summed E-state index contributed by atoms with van der Waals surface area (Å²) in [5.74, 6) is 1.57. The molecule has 5 heteroatoms. The molecule has 0 amide bonds. The van der Waals surface area contributed by atoms with Crippen LogP contribution in [-0.2, 0) is 0 Å². The van der Waals surface area contributed by atoms with Crippen molar-refractivity contribution in [2.75, 3.05) is 14.2 Å². The average Bonchev–Trinajstić information content (AvgIpc) is 3.00. The van der Waals surface area contributed by atoms with Crippen LogP contribution in [0.15, 0.2) is 35.1 Å². The second kappa shape index (κ2) is 4.92. The normalized spacial score (nSPS) is 17.3. The molecule has 20 heavy (non-hydrogen) atoms. The summed E-state index contributed by atoms with van der Waals surface area (Å²) in [5, 5.41) is 0. The molecule has 0 bridgehead atoms. The van der Waals surface area contributed by atoms with Crippen molar-refractivity contribution < 1.29 is 23.4 Å². The highest BCUT2D eigenvalue weighted by Crippen LogP contribution is 2.41. The predicted octanol–water partition coefficient (Wildman–Crippen LogP) is 3.00. The van der Waals surface area contributed by atoms with Crippen LogP contribution in [0.1, 0.15) is 28.4 Å². The van der Waals surface area contributed by atoms with Crippen LogP contribution in [-0.4, -0.2) is 20.0 Å². The summed E-state index contributed by atoms with van der Waals surface area (Å²) in [7, 11) is 3.08. The van der Waals surface area contributed by atoms with E-state index in [4.69, 9.17) is 18.6 Å². The Hall–Kier alpha value is -2.43. The van der Waals surface area contributed by atoms with Crippen molar-refractivity contribution in [2.24, 2.45) is 0 Å². The molecule has 0 fully saturated rings. The summed E-state index contributed by atoms with van der Waals surface area (Å²) in [6, 6.07) is 5.13. The van der Waals surface area contributed by atoms with Gasteiger partial charge in [-0.05, 0) is 12.1 Å². The molecule has 2 aromatic rings. The molecule has 0 saturated carbocycles. The summed E-state index contributed by atoms with van der Waals surface area (Å²) < 4.78 is 21.3. The van der Waals surface area contributed by atoms with Crippen molar-refractivity contribution in [1.29, 1.82) is 0 Å². The van der Waals surface area contributed by atoms with Crippen molar-refractivity contribution in [2.45, 2.75) is 12.5 Å². The van der Waals surface area contributed by atoms with Crippen LogP contribution in [0.25, 0.3) is 0 Å². The van der Waals surface area contributed by atoms with Gasteiger partial charge in [0.05, 0.1) is 38.7 Å². The standard InChI is InChI=1S/C15H14O5/c1-17-14-5-10-11(16)6-12(9-3-4-19-8-9)20-13(10)7-15(14)18-2/h3-5,7-8,12H,6H2,1-2H3. The van der Waals surface area contributed by atoms with E-state index in [0.717, 1.165) is 5.56 Å². The Morgan fingerprint density at radius 3 is 2.60 bits per heavy atom. The van der Waals surface area contributed by atoms with E-state index in [9.17, 15) is 4.79 Å². The summed E-state index contributed by atoms with van der Waals surface area (Å²) in [5.41, 5.74) is 1.36. The van der Waals surface area contributed by atoms with Gasteiger partial charge in [0.15, 0.2) is 17.3 Å². The van der Waals surface area contributed by atoms with Gasteiger partial charge in [-0.1, -0.05) is 0 Å². The van der Waals surface area contributed by atoms with Crippen LogP contribution in [0.4, 0.5) is 0 Å². The number of carbonyl (C=O) groups excluding carboxylic acids is 1. The number of carbonyl (C=O) groups is 1. The lowest BCUT2D eigenvalue weighted by Gasteiger charge is -2.25. The van der Waals surface area contributed by atoms with Gasteiger partial charge in [0.1, 0.15) is 11.9 Å². The number of fused-ring (bicyclic) bond motifs is 1. The second-order valence-electron chi connectivity index (χ2n) is 4.49. The third-order valence-electron chi connectivity index (χ3n) is 3.34.